The van der Waals surface area contributed by atoms with Gasteiger partial charge in [0.15, 0.2) is 5.82 Å². The molecule has 13 heavy (non-hydrogen) atoms. The van der Waals surface area contributed by atoms with Gasteiger partial charge in [-0.05, 0) is 19.8 Å². The molecule has 5 nitrogen and oxygen atoms in total. The molecule has 2 N–H and O–H groups in total. The van der Waals surface area contributed by atoms with Crippen LogP contribution in [-0.2, 0) is 4.79 Å². The van der Waals surface area contributed by atoms with Gasteiger partial charge in [-0.1, -0.05) is 0 Å². The molecule has 1 unspecified atom stereocenters. The maximum absolute atomic E-state index is 10.6. The molecule has 0 spiro atoms. The minimum atomic E-state index is -0.888. The average Bonchev–Trinajstić information content (AvgIpc) is 2.83. The molecule has 1 saturated carbocycles. The van der Waals surface area contributed by atoms with Gasteiger partial charge in [-0.15, -0.1) is 0 Å². The normalized spacial score (nSPS) is 18.5. The number of hydrogen-bond donors (Lipinski definition) is 2. The first-order valence-corrected chi connectivity index (χ1v) is 4.33. The van der Waals surface area contributed by atoms with Crippen LogP contribution in [0.15, 0.2) is 0 Å². The SMILES string of the molecule is CC(C(=O)O)c1n[nH]c(C2CC2)n1. The van der Waals surface area contributed by atoms with E-state index in [0.29, 0.717) is 11.7 Å². The van der Waals surface area contributed by atoms with E-state index in [-0.39, 0.29) is 0 Å². The summed E-state index contributed by atoms with van der Waals surface area (Å²) in [6.45, 7) is 1.59. The Labute approximate surface area is 75.2 Å². The van der Waals surface area contributed by atoms with Gasteiger partial charge >= 0.3 is 5.97 Å². The number of aromatic nitrogens is 3. The molecule has 0 amide bonds. The van der Waals surface area contributed by atoms with E-state index in [1.54, 1.807) is 6.92 Å². The van der Waals surface area contributed by atoms with E-state index in [9.17, 15) is 4.79 Å². The molecular formula is C8H11N3O2. The predicted molar refractivity (Wildman–Crippen MR) is 44.4 cm³/mol. The standard InChI is InChI=1S/C8H11N3O2/c1-4(8(12)13)6-9-7(11-10-6)5-2-3-5/h4-5H,2-3H2,1H3,(H,12,13)(H,9,10,11). The summed E-state index contributed by atoms with van der Waals surface area (Å²) in [5.41, 5.74) is 0. The second kappa shape index (κ2) is 2.83. The largest absolute Gasteiger partial charge is 0.481 e. The molecule has 1 heterocycles. The fourth-order valence-corrected chi connectivity index (χ4v) is 1.13. The summed E-state index contributed by atoms with van der Waals surface area (Å²) < 4.78 is 0. The van der Waals surface area contributed by atoms with Crippen LogP contribution >= 0.6 is 0 Å². The van der Waals surface area contributed by atoms with Crippen molar-refractivity contribution < 1.29 is 9.90 Å². The van der Waals surface area contributed by atoms with E-state index >= 15 is 0 Å². The summed E-state index contributed by atoms with van der Waals surface area (Å²) in [6.07, 6.45) is 2.27. The lowest BCUT2D eigenvalue weighted by Crippen LogP contribution is -2.09. The number of rotatable bonds is 3. The molecule has 1 aliphatic rings. The van der Waals surface area contributed by atoms with E-state index in [4.69, 9.17) is 5.11 Å². The maximum atomic E-state index is 10.6. The van der Waals surface area contributed by atoms with Crippen LogP contribution in [0, 0.1) is 0 Å². The number of aromatic amines is 1. The Balaban J connectivity index is 2.16. The number of carboxylic acids is 1. The average molecular weight is 181 g/mol. The third kappa shape index (κ3) is 1.54. The van der Waals surface area contributed by atoms with E-state index < -0.39 is 11.9 Å². The van der Waals surface area contributed by atoms with Gasteiger partial charge in [0.2, 0.25) is 0 Å². The molecule has 0 aromatic carbocycles. The number of carboxylic acid groups (broad SMARTS) is 1. The number of nitrogens with zero attached hydrogens (tertiary/aromatic N) is 2. The number of nitrogens with one attached hydrogen (secondary N) is 1. The lowest BCUT2D eigenvalue weighted by atomic mass is 10.2. The molecule has 70 valence electrons. The van der Waals surface area contributed by atoms with Crippen LogP contribution < -0.4 is 0 Å². The Morgan fingerprint density at radius 3 is 2.92 bits per heavy atom. The predicted octanol–water partition coefficient (Wildman–Crippen LogP) is 0.870. The minimum Gasteiger partial charge on any atom is -0.481 e. The summed E-state index contributed by atoms with van der Waals surface area (Å²) in [7, 11) is 0. The highest BCUT2D eigenvalue weighted by atomic mass is 16.4. The lowest BCUT2D eigenvalue weighted by molar-refractivity contribution is -0.138. The minimum absolute atomic E-state index is 0.384. The van der Waals surface area contributed by atoms with E-state index in [1.807, 2.05) is 0 Å². The molecule has 5 heteroatoms. The highest BCUT2D eigenvalue weighted by molar-refractivity contribution is 5.74. The molecule has 1 aromatic heterocycles. The number of carbonyl (C=O) groups is 1. The third-order valence-electron chi connectivity index (χ3n) is 2.24. The lowest BCUT2D eigenvalue weighted by Gasteiger charge is -1.97. The van der Waals surface area contributed by atoms with Crippen molar-refractivity contribution in [1.82, 2.24) is 15.2 Å². The van der Waals surface area contributed by atoms with Gasteiger partial charge in [0.25, 0.3) is 0 Å². The second-order valence-electron chi connectivity index (χ2n) is 3.41. The van der Waals surface area contributed by atoms with Crippen molar-refractivity contribution >= 4 is 5.97 Å². The molecule has 2 rings (SSSR count). The quantitative estimate of drug-likeness (QED) is 0.725. The molecule has 0 aliphatic heterocycles. The zero-order valence-electron chi connectivity index (χ0n) is 7.32. The molecule has 0 saturated heterocycles. The highest BCUT2D eigenvalue weighted by Crippen LogP contribution is 2.38. The van der Waals surface area contributed by atoms with Gasteiger partial charge < -0.3 is 5.11 Å². The molecule has 0 radical (unpaired) electrons. The summed E-state index contributed by atoms with van der Waals surface area (Å²) in [5, 5.41) is 15.4. The molecule has 0 bridgehead atoms. The molecule has 1 atom stereocenters. The number of hydrogen-bond acceptors (Lipinski definition) is 3. The first-order chi connectivity index (χ1) is 6.18. The molecule has 1 fully saturated rings. The van der Waals surface area contributed by atoms with Gasteiger partial charge in [0.05, 0.1) is 0 Å². The van der Waals surface area contributed by atoms with Crippen LogP contribution in [0.2, 0.25) is 0 Å². The topological polar surface area (TPSA) is 78.9 Å². The Kier molecular flexibility index (Phi) is 1.79. The number of aliphatic carboxylic acids is 1. The first-order valence-electron chi connectivity index (χ1n) is 4.33. The zero-order chi connectivity index (χ0) is 9.42. The van der Waals surface area contributed by atoms with Gasteiger partial charge in [-0.25, -0.2) is 4.98 Å². The summed E-state index contributed by atoms with van der Waals surface area (Å²) in [4.78, 5) is 14.7. The van der Waals surface area contributed by atoms with Crippen LogP contribution in [0.1, 0.15) is 43.3 Å². The van der Waals surface area contributed by atoms with Crippen molar-refractivity contribution in [2.75, 3.05) is 0 Å². The van der Waals surface area contributed by atoms with Crippen LogP contribution in [0.25, 0.3) is 0 Å². The Morgan fingerprint density at radius 2 is 2.38 bits per heavy atom. The smallest absolute Gasteiger partial charge is 0.314 e. The van der Waals surface area contributed by atoms with Crippen LogP contribution in [-0.4, -0.2) is 26.3 Å². The van der Waals surface area contributed by atoms with Crippen molar-refractivity contribution in [2.45, 2.75) is 31.6 Å². The Hall–Kier alpha value is -1.39. The van der Waals surface area contributed by atoms with Crippen molar-refractivity contribution in [2.24, 2.45) is 0 Å². The monoisotopic (exact) mass is 181 g/mol. The van der Waals surface area contributed by atoms with Crippen molar-refractivity contribution in [1.29, 1.82) is 0 Å². The second-order valence-corrected chi connectivity index (χ2v) is 3.41. The third-order valence-corrected chi connectivity index (χ3v) is 2.24. The van der Waals surface area contributed by atoms with Gasteiger partial charge in [-0.3, -0.25) is 9.89 Å². The molecular weight excluding hydrogens is 170 g/mol. The molecule has 1 aliphatic carbocycles. The molecule has 1 aromatic rings. The zero-order valence-corrected chi connectivity index (χ0v) is 7.32. The van der Waals surface area contributed by atoms with Gasteiger partial charge in [0, 0.05) is 5.92 Å². The summed E-state index contributed by atoms with van der Waals surface area (Å²) in [6, 6.07) is 0. The van der Waals surface area contributed by atoms with Gasteiger partial charge in [-0.2, -0.15) is 5.10 Å². The Bertz CT molecular complexity index is 330. The van der Waals surface area contributed by atoms with E-state index in [1.165, 1.54) is 0 Å². The highest BCUT2D eigenvalue weighted by Gasteiger charge is 2.28. The fraction of sp³-hybridized carbons (Fsp3) is 0.625. The maximum Gasteiger partial charge on any atom is 0.314 e. The first kappa shape index (κ1) is 8.22. The van der Waals surface area contributed by atoms with Crippen molar-refractivity contribution in [3.63, 3.8) is 0 Å². The van der Waals surface area contributed by atoms with Crippen molar-refractivity contribution in [3.8, 4) is 0 Å². The van der Waals surface area contributed by atoms with Crippen LogP contribution in [0.3, 0.4) is 0 Å². The van der Waals surface area contributed by atoms with E-state index in [0.717, 1.165) is 18.7 Å². The van der Waals surface area contributed by atoms with E-state index in [2.05, 4.69) is 15.2 Å². The summed E-state index contributed by atoms with van der Waals surface area (Å²) >= 11 is 0. The van der Waals surface area contributed by atoms with Crippen LogP contribution in [0.4, 0.5) is 0 Å². The Morgan fingerprint density at radius 1 is 1.69 bits per heavy atom. The van der Waals surface area contributed by atoms with Crippen molar-refractivity contribution in [3.05, 3.63) is 11.6 Å². The van der Waals surface area contributed by atoms with Gasteiger partial charge in [0.1, 0.15) is 11.7 Å². The summed E-state index contributed by atoms with van der Waals surface area (Å²) in [5.74, 6) is 0.199. The number of H-pyrrole nitrogens is 1. The fourth-order valence-electron chi connectivity index (χ4n) is 1.13. The van der Waals surface area contributed by atoms with Crippen LogP contribution in [0.5, 0.6) is 0 Å².